The van der Waals surface area contributed by atoms with Crippen LogP contribution < -0.4 is 9.62 Å². The van der Waals surface area contributed by atoms with Crippen molar-refractivity contribution in [3.05, 3.63) is 65.2 Å². The molecule has 152 valence electrons. The van der Waals surface area contributed by atoms with Gasteiger partial charge in [0.05, 0.1) is 18.0 Å². The van der Waals surface area contributed by atoms with Crippen LogP contribution in [-0.2, 0) is 21.2 Å². The van der Waals surface area contributed by atoms with E-state index in [1.165, 1.54) is 16.1 Å². The molecule has 0 unspecified atom stereocenters. The van der Waals surface area contributed by atoms with Crippen molar-refractivity contribution in [3.63, 3.8) is 0 Å². The second-order valence-electron chi connectivity index (χ2n) is 7.16. The van der Waals surface area contributed by atoms with Gasteiger partial charge in [-0.05, 0) is 55.5 Å². The maximum absolute atomic E-state index is 12.3. The van der Waals surface area contributed by atoms with Crippen LogP contribution in [0.5, 0.6) is 0 Å². The van der Waals surface area contributed by atoms with Crippen molar-refractivity contribution in [1.29, 1.82) is 0 Å². The average Bonchev–Trinajstić information content (AvgIpc) is 2.64. The molecule has 0 bridgehead atoms. The van der Waals surface area contributed by atoms with Crippen LogP contribution in [0.3, 0.4) is 0 Å². The minimum atomic E-state index is -3.40. The fourth-order valence-corrected chi connectivity index (χ4v) is 4.05. The summed E-state index contributed by atoms with van der Waals surface area (Å²) in [4.78, 5) is 12.3. The SMILES string of the molecule is CCc1ccc([C@@H](C)NC(=O)CCCN(c2cccc(C)c2)S(C)(=O)=O)cc1. The number of hydrogen-bond donors (Lipinski definition) is 1. The Morgan fingerprint density at radius 3 is 2.39 bits per heavy atom. The Labute approximate surface area is 168 Å². The van der Waals surface area contributed by atoms with E-state index in [1.807, 2.05) is 44.2 Å². The van der Waals surface area contributed by atoms with Crippen LogP contribution in [-0.4, -0.2) is 27.1 Å². The lowest BCUT2D eigenvalue weighted by Crippen LogP contribution is -2.32. The summed E-state index contributed by atoms with van der Waals surface area (Å²) in [6, 6.07) is 15.5. The summed E-state index contributed by atoms with van der Waals surface area (Å²) in [6.45, 7) is 6.26. The van der Waals surface area contributed by atoms with E-state index in [0.29, 0.717) is 12.1 Å². The number of amides is 1. The van der Waals surface area contributed by atoms with E-state index < -0.39 is 10.0 Å². The fourth-order valence-electron chi connectivity index (χ4n) is 3.09. The number of rotatable bonds is 9. The summed E-state index contributed by atoms with van der Waals surface area (Å²) in [5, 5.41) is 2.99. The Morgan fingerprint density at radius 1 is 1.14 bits per heavy atom. The maximum Gasteiger partial charge on any atom is 0.232 e. The number of aryl methyl sites for hydroxylation is 2. The molecule has 0 fully saturated rings. The zero-order chi connectivity index (χ0) is 20.7. The Kier molecular flexibility index (Phi) is 7.63. The number of benzene rings is 2. The minimum absolute atomic E-state index is 0.0789. The van der Waals surface area contributed by atoms with Gasteiger partial charge in [-0.3, -0.25) is 9.10 Å². The predicted octanol–water partition coefficient (Wildman–Crippen LogP) is 3.98. The van der Waals surface area contributed by atoms with Gasteiger partial charge in [0.25, 0.3) is 0 Å². The molecule has 1 N–H and O–H groups in total. The second kappa shape index (κ2) is 9.73. The number of hydrogen-bond acceptors (Lipinski definition) is 3. The summed E-state index contributed by atoms with van der Waals surface area (Å²) in [5.74, 6) is -0.0789. The third-order valence-corrected chi connectivity index (χ3v) is 5.91. The van der Waals surface area contributed by atoms with E-state index >= 15 is 0 Å². The Bertz CT molecular complexity index is 892. The summed E-state index contributed by atoms with van der Waals surface area (Å²) in [6.07, 6.45) is 2.90. The third kappa shape index (κ3) is 6.37. The zero-order valence-corrected chi connectivity index (χ0v) is 17.9. The first-order valence-corrected chi connectivity index (χ1v) is 11.5. The van der Waals surface area contributed by atoms with Gasteiger partial charge in [0.1, 0.15) is 0 Å². The van der Waals surface area contributed by atoms with Gasteiger partial charge in [-0.1, -0.05) is 43.3 Å². The topological polar surface area (TPSA) is 66.5 Å². The molecule has 0 spiro atoms. The normalized spacial score (nSPS) is 12.4. The van der Waals surface area contributed by atoms with Gasteiger partial charge in [-0.2, -0.15) is 0 Å². The highest BCUT2D eigenvalue weighted by atomic mass is 32.2. The molecule has 0 aliphatic rings. The highest BCUT2D eigenvalue weighted by Gasteiger charge is 2.18. The molecular formula is C22H30N2O3S. The molecule has 0 aliphatic heterocycles. The molecule has 1 atom stereocenters. The van der Waals surface area contributed by atoms with Gasteiger partial charge in [0.15, 0.2) is 0 Å². The summed E-state index contributed by atoms with van der Waals surface area (Å²) >= 11 is 0. The highest BCUT2D eigenvalue weighted by molar-refractivity contribution is 7.92. The quantitative estimate of drug-likeness (QED) is 0.690. The summed E-state index contributed by atoms with van der Waals surface area (Å²) < 4.78 is 25.7. The number of nitrogens with one attached hydrogen (secondary N) is 1. The van der Waals surface area contributed by atoms with Crippen LogP contribution in [0.2, 0.25) is 0 Å². The molecule has 0 saturated heterocycles. The Morgan fingerprint density at radius 2 is 1.82 bits per heavy atom. The van der Waals surface area contributed by atoms with Gasteiger partial charge in [-0.15, -0.1) is 0 Å². The summed E-state index contributed by atoms with van der Waals surface area (Å²) in [5.41, 5.74) is 3.95. The summed E-state index contributed by atoms with van der Waals surface area (Å²) in [7, 11) is -3.40. The molecule has 5 nitrogen and oxygen atoms in total. The first kappa shape index (κ1) is 22.0. The van der Waals surface area contributed by atoms with E-state index in [4.69, 9.17) is 0 Å². The van der Waals surface area contributed by atoms with Crippen LogP contribution in [0.15, 0.2) is 48.5 Å². The maximum atomic E-state index is 12.3. The van der Waals surface area contributed by atoms with Crippen molar-refractivity contribution in [2.75, 3.05) is 17.1 Å². The largest absolute Gasteiger partial charge is 0.350 e. The van der Waals surface area contributed by atoms with Crippen LogP contribution in [0.25, 0.3) is 0 Å². The fraction of sp³-hybridized carbons (Fsp3) is 0.409. The van der Waals surface area contributed by atoms with E-state index in [0.717, 1.165) is 17.5 Å². The molecule has 0 heterocycles. The lowest BCUT2D eigenvalue weighted by Gasteiger charge is -2.23. The first-order chi connectivity index (χ1) is 13.2. The molecule has 0 radical (unpaired) electrons. The van der Waals surface area contributed by atoms with Gasteiger partial charge in [0, 0.05) is 13.0 Å². The van der Waals surface area contributed by atoms with Gasteiger partial charge in [0.2, 0.25) is 15.9 Å². The molecule has 0 aromatic heterocycles. The average molecular weight is 403 g/mol. The monoisotopic (exact) mass is 402 g/mol. The van der Waals surface area contributed by atoms with Gasteiger partial charge in [-0.25, -0.2) is 8.42 Å². The van der Waals surface area contributed by atoms with E-state index in [2.05, 4.69) is 24.4 Å². The van der Waals surface area contributed by atoms with E-state index in [9.17, 15) is 13.2 Å². The van der Waals surface area contributed by atoms with E-state index in [-0.39, 0.29) is 24.9 Å². The standard InChI is InChI=1S/C22H30N2O3S/c1-5-19-11-13-20(14-12-19)18(3)23-22(25)10-7-15-24(28(4,26)27)21-9-6-8-17(2)16-21/h6,8-9,11-14,16,18H,5,7,10,15H2,1-4H3,(H,23,25)/t18-/m1/s1. The molecule has 2 rings (SSSR count). The molecule has 2 aromatic carbocycles. The van der Waals surface area contributed by atoms with Crippen molar-refractivity contribution in [2.24, 2.45) is 0 Å². The lowest BCUT2D eigenvalue weighted by molar-refractivity contribution is -0.121. The first-order valence-electron chi connectivity index (χ1n) is 9.63. The third-order valence-electron chi connectivity index (χ3n) is 4.72. The number of carbonyl (C=O) groups excluding carboxylic acids is 1. The van der Waals surface area contributed by atoms with Crippen molar-refractivity contribution in [2.45, 2.75) is 46.1 Å². The molecule has 0 saturated carbocycles. The molecule has 6 heteroatoms. The van der Waals surface area contributed by atoms with E-state index in [1.54, 1.807) is 6.07 Å². The zero-order valence-electron chi connectivity index (χ0n) is 17.1. The van der Waals surface area contributed by atoms with Crippen molar-refractivity contribution >= 4 is 21.6 Å². The number of carbonyl (C=O) groups is 1. The van der Waals surface area contributed by atoms with Crippen molar-refractivity contribution in [3.8, 4) is 0 Å². The van der Waals surface area contributed by atoms with Crippen molar-refractivity contribution in [1.82, 2.24) is 5.32 Å². The second-order valence-corrected chi connectivity index (χ2v) is 9.07. The van der Waals surface area contributed by atoms with Gasteiger partial charge < -0.3 is 5.32 Å². The Balaban J connectivity index is 1.91. The smallest absolute Gasteiger partial charge is 0.232 e. The lowest BCUT2D eigenvalue weighted by atomic mass is 10.0. The van der Waals surface area contributed by atoms with Crippen LogP contribution in [0.1, 0.15) is 49.4 Å². The van der Waals surface area contributed by atoms with Crippen LogP contribution in [0.4, 0.5) is 5.69 Å². The van der Waals surface area contributed by atoms with Crippen molar-refractivity contribution < 1.29 is 13.2 Å². The molecule has 2 aromatic rings. The number of anilines is 1. The molecular weight excluding hydrogens is 372 g/mol. The van der Waals surface area contributed by atoms with Crippen LogP contribution in [0, 0.1) is 6.92 Å². The van der Waals surface area contributed by atoms with Crippen LogP contribution >= 0.6 is 0 Å². The molecule has 0 aliphatic carbocycles. The minimum Gasteiger partial charge on any atom is -0.350 e. The highest BCUT2D eigenvalue weighted by Crippen LogP contribution is 2.20. The molecule has 28 heavy (non-hydrogen) atoms. The van der Waals surface area contributed by atoms with Gasteiger partial charge >= 0.3 is 0 Å². The predicted molar refractivity (Wildman–Crippen MR) is 115 cm³/mol. The number of sulfonamides is 1. The number of nitrogens with zero attached hydrogens (tertiary/aromatic N) is 1. The Hall–Kier alpha value is -2.34. The molecule has 1 amide bonds.